The van der Waals surface area contributed by atoms with Gasteiger partial charge in [0.05, 0.1) is 6.04 Å². The number of amides is 2. The molecule has 7 heteroatoms. The second kappa shape index (κ2) is 10.2. The second-order valence-corrected chi connectivity index (χ2v) is 11.8. The lowest BCUT2D eigenvalue weighted by atomic mass is 9.91. The number of hydrogen-bond donors (Lipinski definition) is 0. The minimum absolute atomic E-state index is 0.0238. The molecule has 4 rings (SSSR count). The summed E-state index contributed by atoms with van der Waals surface area (Å²) in [6.45, 7) is 11.5. The van der Waals surface area contributed by atoms with Crippen LogP contribution in [-0.4, -0.2) is 65.3 Å². The summed E-state index contributed by atoms with van der Waals surface area (Å²) in [6.07, 6.45) is 1.90. The van der Waals surface area contributed by atoms with Gasteiger partial charge in [0.15, 0.2) is 0 Å². The molecule has 2 aliphatic heterocycles. The topological polar surface area (TPSA) is 43.9 Å². The molecule has 34 heavy (non-hydrogen) atoms. The number of hydrogen-bond acceptors (Lipinski definition) is 4. The number of carbonyl (C=O) groups excluding carboxylic acids is 2. The molecule has 1 fully saturated rings. The van der Waals surface area contributed by atoms with Crippen molar-refractivity contribution >= 4 is 23.2 Å². The minimum atomic E-state index is -0.233. The number of nitrogens with zero attached hydrogens (tertiary/aromatic N) is 3. The molecule has 2 atom stereocenters. The van der Waals surface area contributed by atoms with Crippen molar-refractivity contribution < 1.29 is 14.0 Å². The van der Waals surface area contributed by atoms with Crippen molar-refractivity contribution in [3.8, 4) is 0 Å². The molecule has 0 bridgehead atoms. The van der Waals surface area contributed by atoms with Crippen molar-refractivity contribution in [1.82, 2.24) is 14.7 Å². The van der Waals surface area contributed by atoms with E-state index < -0.39 is 0 Å². The third-order valence-corrected chi connectivity index (χ3v) is 7.82. The van der Waals surface area contributed by atoms with Crippen molar-refractivity contribution in [2.24, 2.45) is 5.41 Å². The molecule has 5 nitrogen and oxygen atoms in total. The fraction of sp³-hybridized carbons (Fsp3) is 0.556. The summed E-state index contributed by atoms with van der Waals surface area (Å²) in [5.74, 6) is 0.0672. The van der Waals surface area contributed by atoms with Gasteiger partial charge in [-0.3, -0.25) is 14.5 Å². The average molecular weight is 486 g/mol. The van der Waals surface area contributed by atoms with Gasteiger partial charge in [-0.2, -0.15) is 0 Å². The van der Waals surface area contributed by atoms with Crippen molar-refractivity contribution in [2.75, 3.05) is 32.7 Å². The fourth-order valence-corrected chi connectivity index (χ4v) is 6.09. The van der Waals surface area contributed by atoms with E-state index in [1.807, 2.05) is 22.8 Å². The van der Waals surface area contributed by atoms with Gasteiger partial charge in [0.1, 0.15) is 5.82 Å². The monoisotopic (exact) mass is 485 g/mol. The highest BCUT2D eigenvalue weighted by molar-refractivity contribution is 7.10. The lowest BCUT2D eigenvalue weighted by molar-refractivity contribution is -0.143. The number of halogens is 1. The van der Waals surface area contributed by atoms with Gasteiger partial charge in [-0.15, -0.1) is 11.3 Å². The van der Waals surface area contributed by atoms with Crippen molar-refractivity contribution in [2.45, 2.75) is 59.0 Å². The van der Waals surface area contributed by atoms with Crippen LogP contribution in [0.4, 0.5) is 4.39 Å². The first kappa shape index (κ1) is 24.9. The van der Waals surface area contributed by atoms with Crippen LogP contribution in [0, 0.1) is 11.2 Å². The smallest absolute Gasteiger partial charge is 0.223 e. The van der Waals surface area contributed by atoms with Gasteiger partial charge in [0, 0.05) is 56.5 Å². The Bertz CT molecular complexity index is 1030. The van der Waals surface area contributed by atoms with Crippen LogP contribution in [0.5, 0.6) is 0 Å². The van der Waals surface area contributed by atoms with E-state index in [-0.39, 0.29) is 35.1 Å². The van der Waals surface area contributed by atoms with Crippen molar-refractivity contribution in [3.05, 3.63) is 57.5 Å². The third kappa shape index (κ3) is 5.69. The van der Waals surface area contributed by atoms with Gasteiger partial charge in [-0.05, 0) is 53.5 Å². The van der Waals surface area contributed by atoms with Crippen LogP contribution >= 0.6 is 11.3 Å². The van der Waals surface area contributed by atoms with Crippen LogP contribution in [0.1, 0.15) is 62.6 Å². The SMILES string of the molecule is C[C@H]1CN(C(=O)CCN2CCc3sccc3[C@H]2c2cccc(F)c2)CCN1C(=O)CC(C)(C)C. The van der Waals surface area contributed by atoms with E-state index in [1.165, 1.54) is 16.5 Å². The van der Waals surface area contributed by atoms with Crippen LogP contribution in [0.25, 0.3) is 0 Å². The molecule has 0 radical (unpaired) electrons. The second-order valence-electron chi connectivity index (χ2n) is 10.8. The minimum Gasteiger partial charge on any atom is -0.339 e. The first-order chi connectivity index (χ1) is 16.1. The van der Waals surface area contributed by atoms with E-state index in [9.17, 15) is 14.0 Å². The molecule has 0 N–H and O–H groups in total. The molecule has 0 spiro atoms. The Balaban J connectivity index is 1.38. The highest BCUT2D eigenvalue weighted by Crippen LogP contribution is 2.38. The molecular formula is C27H36FN3O2S. The quantitative estimate of drug-likeness (QED) is 0.616. The zero-order valence-corrected chi connectivity index (χ0v) is 21.5. The Hall–Kier alpha value is -2.25. The first-order valence-electron chi connectivity index (χ1n) is 12.3. The summed E-state index contributed by atoms with van der Waals surface area (Å²) in [7, 11) is 0. The summed E-state index contributed by atoms with van der Waals surface area (Å²) >= 11 is 1.76. The van der Waals surface area contributed by atoms with Crippen LogP contribution in [0.15, 0.2) is 35.7 Å². The number of rotatable bonds is 5. The molecule has 0 saturated carbocycles. The number of piperazine rings is 1. The summed E-state index contributed by atoms with van der Waals surface area (Å²) in [6, 6.07) is 8.96. The molecule has 1 saturated heterocycles. The Morgan fingerprint density at radius 3 is 2.62 bits per heavy atom. The molecule has 2 aromatic rings. The van der Waals surface area contributed by atoms with Crippen molar-refractivity contribution in [3.63, 3.8) is 0 Å². The zero-order chi connectivity index (χ0) is 24.5. The molecule has 3 heterocycles. The van der Waals surface area contributed by atoms with E-state index in [0.29, 0.717) is 39.0 Å². The summed E-state index contributed by atoms with van der Waals surface area (Å²) in [5.41, 5.74) is 2.12. The Kier molecular flexibility index (Phi) is 7.43. The Labute approximate surface area is 206 Å². The largest absolute Gasteiger partial charge is 0.339 e. The molecule has 2 amide bonds. The Morgan fingerprint density at radius 1 is 1.12 bits per heavy atom. The maximum Gasteiger partial charge on any atom is 0.223 e. The van der Waals surface area contributed by atoms with Crippen LogP contribution in [-0.2, 0) is 16.0 Å². The number of thiophene rings is 1. The predicted molar refractivity (Wildman–Crippen MR) is 134 cm³/mol. The molecule has 2 aliphatic rings. The van der Waals surface area contributed by atoms with Gasteiger partial charge < -0.3 is 9.80 Å². The summed E-state index contributed by atoms with van der Waals surface area (Å²) in [4.78, 5) is 33.3. The lowest BCUT2D eigenvalue weighted by Gasteiger charge is -2.41. The van der Waals surface area contributed by atoms with E-state index in [2.05, 4.69) is 37.1 Å². The Morgan fingerprint density at radius 2 is 1.91 bits per heavy atom. The summed E-state index contributed by atoms with van der Waals surface area (Å²) in [5, 5.41) is 2.10. The van der Waals surface area contributed by atoms with Crippen LogP contribution < -0.4 is 0 Å². The number of benzene rings is 1. The van der Waals surface area contributed by atoms with Crippen LogP contribution in [0.2, 0.25) is 0 Å². The molecule has 184 valence electrons. The van der Waals surface area contributed by atoms with Gasteiger partial charge in [-0.1, -0.05) is 32.9 Å². The van der Waals surface area contributed by atoms with Gasteiger partial charge >= 0.3 is 0 Å². The van der Waals surface area contributed by atoms with Gasteiger partial charge in [0.25, 0.3) is 0 Å². The summed E-state index contributed by atoms with van der Waals surface area (Å²) < 4.78 is 14.0. The van der Waals surface area contributed by atoms with E-state index in [0.717, 1.165) is 18.5 Å². The normalized spacial score (nSPS) is 21.4. The third-order valence-electron chi connectivity index (χ3n) is 6.83. The van der Waals surface area contributed by atoms with E-state index >= 15 is 0 Å². The molecule has 0 aliphatic carbocycles. The molecular weight excluding hydrogens is 449 g/mol. The van der Waals surface area contributed by atoms with Crippen molar-refractivity contribution in [1.29, 1.82) is 0 Å². The number of fused-ring (bicyclic) bond motifs is 1. The standard InChI is InChI=1S/C27H36FN3O2S/c1-19-18-30(13-14-31(19)25(33)17-27(2,3)4)24(32)9-12-29-11-8-23-22(10-15-34-23)26(29)20-6-5-7-21(28)16-20/h5-7,10,15-16,19,26H,8-9,11-14,17-18H2,1-4H3/t19-,26+/m0/s1. The molecule has 1 aromatic heterocycles. The van der Waals surface area contributed by atoms with Gasteiger partial charge in [0.2, 0.25) is 11.8 Å². The fourth-order valence-electron chi connectivity index (χ4n) is 5.18. The molecule has 1 aromatic carbocycles. The lowest BCUT2D eigenvalue weighted by Crippen LogP contribution is -2.56. The highest BCUT2D eigenvalue weighted by atomic mass is 32.1. The number of carbonyl (C=O) groups is 2. The maximum absolute atomic E-state index is 14.0. The highest BCUT2D eigenvalue weighted by Gasteiger charge is 2.33. The maximum atomic E-state index is 14.0. The average Bonchev–Trinajstić information content (AvgIpc) is 3.24. The first-order valence-corrected chi connectivity index (χ1v) is 13.1. The van der Waals surface area contributed by atoms with Gasteiger partial charge in [-0.25, -0.2) is 4.39 Å². The predicted octanol–water partition coefficient (Wildman–Crippen LogP) is 4.72. The van der Waals surface area contributed by atoms with E-state index in [4.69, 9.17) is 0 Å². The molecule has 0 unspecified atom stereocenters. The van der Waals surface area contributed by atoms with Crippen LogP contribution in [0.3, 0.4) is 0 Å². The zero-order valence-electron chi connectivity index (χ0n) is 20.7. The van der Waals surface area contributed by atoms with E-state index in [1.54, 1.807) is 23.5 Å².